The van der Waals surface area contributed by atoms with Crippen LogP contribution in [0.3, 0.4) is 0 Å². The van der Waals surface area contributed by atoms with Crippen molar-refractivity contribution in [2.75, 3.05) is 5.32 Å². The number of carboxylic acid groups (broad SMARTS) is 1. The number of halogens is 3. The number of hydrogen-bond acceptors (Lipinski definition) is 2. The maximum Gasteiger partial charge on any atom is 0.416 e. The van der Waals surface area contributed by atoms with Crippen LogP contribution in [0.5, 0.6) is 0 Å². The average molecular weight is 301 g/mol. The van der Waals surface area contributed by atoms with Crippen LogP contribution in [0.15, 0.2) is 18.2 Å². The van der Waals surface area contributed by atoms with Gasteiger partial charge in [-0.05, 0) is 36.5 Å². The van der Waals surface area contributed by atoms with Crippen molar-refractivity contribution < 1.29 is 23.1 Å². The molecule has 116 valence electrons. The molecule has 0 saturated heterocycles. The molecular formula is C15H18F3NO2. The highest BCUT2D eigenvalue weighted by atomic mass is 19.4. The minimum absolute atomic E-state index is 0.00152. The number of alkyl halides is 3. The summed E-state index contributed by atoms with van der Waals surface area (Å²) in [7, 11) is 0. The van der Waals surface area contributed by atoms with E-state index in [-0.39, 0.29) is 22.7 Å². The second kappa shape index (κ2) is 5.24. The van der Waals surface area contributed by atoms with Crippen molar-refractivity contribution >= 4 is 11.7 Å². The maximum absolute atomic E-state index is 12.7. The maximum atomic E-state index is 12.7. The summed E-state index contributed by atoms with van der Waals surface area (Å²) in [5.74, 6) is -1.36. The predicted octanol–water partition coefficient (Wildman–Crippen LogP) is 4.39. The number of benzene rings is 1. The first-order valence-electron chi connectivity index (χ1n) is 6.82. The highest BCUT2D eigenvalue weighted by molar-refractivity contribution is 5.94. The summed E-state index contributed by atoms with van der Waals surface area (Å²) in [5, 5.41) is 12.3. The molecule has 1 atom stereocenters. The number of rotatable bonds is 3. The van der Waals surface area contributed by atoms with Gasteiger partial charge in [0.05, 0.1) is 11.1 Å². The van der Waals surface area contributed by atoms with Gasteiger partial charge in [-0.3, -0.25) is 0 Å². The molecule has 21 heavy (non-hydrogen) atoms. The number of carbonyl (C=O) groups is 1. The van der Waals surface area contributed by atoms with Gasteiger partial charge in [0, 0.05) is 11.7 Å². The first-order chi connectivity index (χ1) is 9.61. The summed E-state index contributed by atoms with van der Waals surface area (Å²) < 4.78 is 38.0. The zero-order chi connectivity index (χ0) is 15.8. The molecule has 0 heterocycles. The number of nitrogens with one attached hydrogen (secondary N) is 1. The average Bonchev–Trinajstić information content (AvgIpc) is 2.67. The van der Waals surface area contributed by atoms with E-state index in [9.17, 15) is 18.0 Å². The molecule has 0 amide bonds. The Hall–Kier alpha value is -1.72. The first kappa shape index (κ1) is 15.7. The smallest absolute Gasteiger partial charge is 0.416 e. The largest absolute Gasteiger partial charge is 0.478 e. The van der Waals surface area contributed by atoms with Crippen molar-refractivity contribution in [3.05, 3.63) is 29.3 Å². The van der Waals surface area contributed by atoms with Crippen molar-refractivity contribution in [1.82, 2.24) is 0 Å². The zero-order valence-electron chi connectivity index (χ0n) is 11.9. The molecule has 1 aromatic rings. The summed E-state index contributed by atoms with van der Waals surface area (Å²) >= 11 is 0. The van der Waals surface area contributed by atoms with E-state index in [0.29, 0.717) is 6.07 Å². The molecule has 0 bridgehead atoms. The van der Waals surface area contributed by atoms with Crippen LogP contribution in [0, 0.1) is 5.41 Å². The lowest BCUT2D eigenvalue weighted by Crippen LogP contribution is -2.31. The number of carboxylic acids is 1. The van der Waals surface area contributed by atoms with E-state index in [1.807, 2.05) is 0 Å². The van der Waals surface area contributed by atoms with E-state index in [1.165, 1.54) is 6.07 Å². The molecule has 2 N–H and O–H groups in total. The van der Waals surface area contributed by atoms with Crippen molar-refractivity contribution in [2.45, 2.75) is 45.3 Å². The van der Waals surface area contributed by atoms with Gasteiger partial charge in [-0.2, -0.15) is 13.2 Å². The summed E-state index contributed by atoms with van der Waals surface area (Å²) in [4.78, 5) is 11.2. The Kier molecular flexibility index (Phi) is 3.91. The third-order valence-corrected chi connectivity index (χ3v) is 4.16. The third-order valence-electron chi connectivity index (χ3n) is 4.16. The highest BCUT2D eigenvalue weighted by Gasteiger charge is 2.36. The zero-order valence-corrected chi connectivity index (χ0v) is 11.9. The lowest BCUT2D eigenvalue weighted by Gasteiger charge is -2.29. The lowest BCUT2D eigenvalue weighted by molar-refractivity contribution is -0.137. The molecule has 1 aromatic carbocycles. The van der Waals surface area contributed by atoms with Gasteiger partial charge in [0.25, 0.3) is 0 Å². The van der Waals surface area contributed by atoms with Crippen LogP contribution in [0.2, 0.25) is 0 Å². The first-order valence-corrected chi connectivity index (χ1v) is 6.82. The van der Waals surface area contributed by atoms with Gasteiger partial charge in [0.2, 0.25) is 0 Å². The highest BCUT2D eigenvalue weighted by Crippen LogP contribution is 2.40. The SMILES string of the molecule is CC1(C)CCCC1Nc1ccc(C(F)(F)F)cc1C(=O)O. The van der Waals surface area contributed by atoms with E-state index < -0.39 is 17.7 Å². The molecule has 1 aliphatic carbocycles. The Morgan fingerprint density at radius 3 is 2.52 bits per heavy atom. The Morgan fingerprint density at radius 1 is 1.38 bits per heavy atom. The van der Waals surface area contributed by atoms with E-state index in [0.717, 1.165) is 25.3 Å². The number of aromatic carboxylic acids is 1. The fourth-order valence-electron chi connectivity index (χ4n) is 2.81. The van der Waals surface area contributed by atoms with Crippen molar-refractivity contribution in [2.24, 2.45) is 5.41 Å². The van der Waals surface area contributed by atoms with Crippen molar-refractivity contribution in [3.8, 4) is 0 Å². The van der Waals surface area contributed by atoms with Crippen LogP contribution in [-0.2, 0) is 6.18 Å². The molecule has 6 heteroatoms. The van der Waals surface area contributed by atoms with E-state index in [2.05, 4.69) is 19.2 Å². The molecular weight excluding hydrogens is 283 g/mol. The van der Waals surface area contributed by atoms with Crippen LogP contribution in [-0.4, -0.2) is 17.1 Å². The standard InChI is InChI=1S/C15H18F3NO2/c1-14(2)7-3-4-12(14)19-11-6-5-9(15(16,17)18)8-10(11)13(20)21/h5-6,8,12,19H,3-4,7H2,1-2H3,(H,20,21). The van der Waals surface area contributed by atoms with Crippen LogP contribution in [0.1, 0.15) is 49.0 Å². The minimum atomic E-state index is -4.55. The van der Waals surface area contributed by atoms with Gasteiger partial charge in [-0.15, -0.1) is 0 Å². The molecule has 0 radical (unpaired) electrons. The summed E-state index contributed by atoms with van der Waals surface area (Å²) in [6.07, 6.45) is -1.64. The molecule has 2 rings (SSSR count). The van der Waals surface area contributed by atoms with Crippen LogP contribution < -0.4 is 5.32 Å². The van der Waals surface area contributed by atoms with Gasteiger partial charge >= 0.3 is 12.1 Å². The molecule has 0 aliphatic heterocycles. The number of anilines is 1. The van der Waals surface area contributed by atoms with Gasteiger partial charge in [-0.25, -0.2) is 4.79 Å². The van der Waals surface area contributed by atoms with Crippen molar-refractivity contribution in [1.29, 1.82) is 0 Å². The van der Waals surface area contributed by atoms with Gasteiger partial charge in [0.1, 0.15) is 0 Å². The Morgan fingerprint density at radius 2 is 2.05 bits per heavy atom. The lowest BCUT2D eigenvalue weighted by atomic mass is 9.87. The molecule has 1 aliphatic rings. The fraction of sp³-hybridized carbons (Fsp3) is 0.533. The molecule has 0 aromatic heterocycles. The van der Waals surface area contributed by atoms with Gasteiger partial charge in [-0.1, -0.05) is 20.3 Å². The van der Waals surface area contributed by atoms with Crippen LogP contribution >= 0.6 is 0 Å². The number of hydrogen-bond donors (Lipinski definition) is 2. The van der Waals surface area contributed by atoms with E-state index >= 15 is 0 Å². The van der Waals surface area contributed by atoms with Crippen LogP contribution in [0.25, 0.3) is 0 Å². The second-order valence-electron chi connectivity index (χ2n) is 6.14. The Labute approximate surface area is 121 Å². The molecule has 1 unspecified atom stereocenters. The van der Waals surface area contributed by atoms with Gasteiger partial charge in [0.15, 0.2) is 0 Å². The predicted molar refractivity (Wildman–Crippen MR) is 73.4 cm³/mol. The fourth-order valence-corrected chi connectivity index (χ4v) is 2.81. The minimum Gasteiger partial charge on any atom is -0.478 e. The van der Waals surface area contributed by atoms with Crippen LogP contribution in [0.4, 0.5) is 18.9 Å². The monoisotopic (exact) mass is 301 g/mol. The normalized spacial score (nSPS) is 21.3. The third kappa shape index (κ3) is 3.31. The van der Waals surface area contributed by atoms with E-state index in [1.54, 1.807) is 0 Å². The molecule has 1 fully saturated rings. The van der Waals surface area contributed by atoms with Crippen molar-refractivity contribution in [3.63, 3.8) is 0 Å². The second-order valence-corrected chi connectivity index (χ2v) is 6.14. The summed E-state index contributed by atoms with van der Waals surface area (Å²) in [6, 6.07) is 2.87. The Bertz CT molecular complexity index is 552. The molecule has 1 saturated carbocycles. The topological polar surface area (TPSA) is 49.3 Å². The summed E-state index contributed by atoms with van der Waals surface area (Å²) in [5.41, 5.74) is -1.04. The van der Waals surface area contributed by atoms with Gasteiger partial charge < -0.3 is 10.4 Å². The molecule has 0 spiro atoms. The Balaban J connectivity index is 2.33. The quantitative estimate of drug-likeness (QED) is 0.870. The van der Waals surface area contributed by atoms with E-state index in [4.69, 9.17) is 5.11 Å². The summed E-state index contributed by atoms with van der Waals surface area (Å²) in [6.45, 7) is 4.14. The molecule has 3 nitrogen and oxygen atoms in total.